The minimum Gasteiger partial charge on any atom is -0.497 e. The second-order valence-corrected chi connectivity index (χ2v) is 6.62. The Morgan fingerprint density at radius 1 is 1.28 bits per heavy atom. The van der Waals surface area contributed by atoms with E-state index in [2.05, 4.69) is 14.5 Å². The van der Waals surface area contributed by atoms with Crippen molar-refractivity contribution in [2.45, 2.75) is 25.4 Å². The molecule has 0 saturated carbocycles. The van der Waals surface area contributed by atoms with Gasteiger partial charge < -0.3 is 14.2 Å². The molecule has 6 nitrogen and oxygen atoms in total. The van der Waals surface area contributed by atoms with Gasteiger partial charge >= 0.3 is 0 Å². The van der Waals surface area contributed by atoms with Crippen molar-refractivity contribution in [1.29, 1.82) is 0 Å². The summed E-state index contributed by atoms with van der Waals surface area (Å²) in [5.41, 5.74) is 1.11. The van der Waals surface area contributed by atoms with Gasteiger partial charge in [0.1, 0.15) is 5.75 Å². The van der Waals surface area contributed by atoms with E-state index >= 15 is 0 Å². The third kappa shape index (κ3) is 4.60. The molecule has 1 aromatic carbocycles. The van der Waals surface area contributed by atoms with Crippen LogP contribution in [0.15, 0.2) is 43.0 Å². The molecule has 0 radical (unpaired) electrons. The lowest BCUT2D eigenvalue weighted by atomic mass is 10.0. The average Bonchev–Trinajstić information content (AvgIpc) is 3.17. The average molecular weight is 342 g/mol. The van der Waals surface area contributed by atoms with Gasteiger partial charge in [-0.05, 0) is 30.5 Å². The van der Waals surface area contributed by atoms with Crippen LogP contribution in [0.1, 0.15) is 24.4 Å². The van der Waals surface area contributed by atoms with Gasteiger partial charge in [0.05, 0.1) is 20.0 Å². The maximum Gasteiger partial charge on any atom is 0.236 e. The molecule has 1 saturated heterocycles. The van der Waals surface area contributed by atoms with Gasteiger partial charge in [-0.1, -0.05) is 12.1 Å². The Labute approximate surface area is 149 Å². The number of benzene rings is 1. The first kappa shape index (κ1) is 17.5. The van der Waals surface area contributed by atoms with E-state index in [1.807, 2.05) is 50.0 Å². The topological polar surface area (TPSA) is 50.6 Å². The molecule has 2 aromatic rings. The van der Waals surface area contributed by atoms with E-state index in [4.69, 9.17) is 4.74 Å². The van der Waals surface area contributed by atoms with E-state index in [0.29, 0.717) is 19.1 Å². The van der Waals surface area contributed by atoms with Gasteiger partial charge in [-0.3, -0.25) is 9.69 Å². The van der Waals surface area contributed by atoms with Crippen LogP contribution in [0.4, 0.5) is 0 Å². The molecule has 0 spiro atoms. The second-order valence-electron chi connectivity index (χ2n) is 6.62. The highest BCUT2D eigenvalue weighted by molar-refractivity contribution is 5.78. The van der Waals surface area contributed by atoms with Crippen molar-refractivity contribution in [2.24, 2.45) is 0 Å². The van der Waals surface area contributed by atoms with Crippen LogP contribution in [0.25, 0.3) is 0 Å². The summed E-state index contributed by atoms with van der Waals surface area (Å²) in [4.78, 5) is 20.7. The molecule has 0 unspecified atom stereocenters. The summed E-state index contributed by atoms with van der Waals surface area (Å²) in [7, 11) is 3.52. The zero-order valence-corrected chi connectivity index (χ0v) is 15.0. The fourth-order valence-electron chi connectivity index (χ4n) is 3.27. The predicted octanol–water partition coefficient (Wildman–Crippen LogP) is 2.19. The first-order valence-corrected chi connectivity index (χ1v) is 8.72. The summed E-state index contributed by atoms with van der Waals surface area (Å²) >= 11 is 0. The molecule has 1 amide bonds. The normalized spacial score (nSPS) is 15.9. The molecule has 0 atom stereocenters. The fourth-order valence-corrected chi connectivity index (χ4v) is 3.27. The Hall–Kier alpha value is -2.34. The van der Waals surface area contributed by atoms with Crippen molar-refractivity contribution >= 4 is 5.91 Å². The van der Waals surface area contributed by atoms with E-state index in [0.717, 1.165) is 37.2 Å². The molecule has 6 heteroatoms. The molecular formula is C19H26N4O2. The summed E-state index contributed by atoms with van der Waals surface area (Å²) in [6, 6.07) is 8.35. The van der Waals surface area contributed by atoms with Gasteiger partial charge in [0.15, 0.2) is 0 Å². The third-order valence-corrected chi connectivity index (χ3v) is 4.87. The lowest BCUT2D eigenvalue weighted by molar-refractivity contribution is -0.132. The zero-order valence-electron chi connectivity index (χ0n) is 15.0. The highest BCUT2D eigenvalue weighted by Crippen LogP contribution is 2.22. The number of methoxy groups -OCH3 is 1. The highest BCUT2D eigenvalue weighted by Gasteiger charge is 2.22. The number of ether oxygens (including phenoxy) is 1. The van der Waals surface area contributed by atoms with Crippen molar-refractivity contribution < 1.29 is 9.53 Å². The van der Waals surface area contributed by atoms with Crippen LogP contribution in [-0.4, -0.2) is 59.0 Å². The third-order valence-electron chi connectivity index (χ3n) is 4.87. The summed E-state index contributed by atoms with van der Waals surface area (Å²) in [5, 5.41) is 0. The minimum atomic E-state index is 0.164. The lowest BCUT2D eigenvalue weighted by Gasteiger charge is -2.33. The van der Waals surface area contributed by atoms with Crippen LogP contribution < -0.4 is 4.74 Å². The van der Waals surface area contributed by atoms with Crippen LogP contribution in [0.3, 0.4) is 0 Å². The molecule has 0 N–H and O–H groups in total. The molecule has 3 rings (SSSR count). The fraction of sp³-hybridized carbons (Fsp3) is 0.474. The molecule has 0 aliphatic carbocycles. The van der Waals surface area contributed by atoms with Gasteiger partial charge in [-0.2, -0.15) is 0 Å². The largest absolute Gasteiger partial charge is 0.497 e. The number of aromatic nitrogens is 2. The smallest absolute Gasteiger partial charge is 0.236 e. The number of likely N-dealkylation sites (tertiary alicyclic amines) is 1. The maximum atomic E-state index is 12.5. The first-order valence-electron chi connectivity index (χ1n) is 8.72. The Morgan fingerprint density at radius 3 is 2.60 bits per heavy atom. The van der Waals surface area contributed by atoms with E-state index in [1.165, 1.54) is 0 Å². The minimum absolute atomic E-state index is 0.164. The van der Waals surface area contributed by atoms with Gasteiger partial charge in [0, 0.05) is 45.1 Å². The van der Waals surface area contributed by atoms with Crippen molar-refractivity contribution in [3.05, 3.63) is 48.5 Å². The first-order chi connectivity index (χ1) is 12.2. The van der Waals surface area contributed by atoms with Crippen LogP contribution in [0.2, 0.25) is 0 Å². The zero-order chi connectivity index (χ0) is 17.6. The SMILES string of the molecule is COc1ccc(CN(C)C(=O)CN2CCC(n3ccnc3)CC2)cc1. The number of nitrogens with zero attached hydrogens (tertiary/aromatic N) is 4. The molecule has 1 aliphatic rings. The van der Waals surface area contributed by atoms with Crippen LogP contribution in [0, 0.1) is 0 Å². The number of amides is 1. The van der Waals surface area contributed by atoms with Crippen molar-refractivity contribution in [1.82, 2.24) is 19.4 Å². The van der Waals surface area contributed by atoms with Crippen LogP contribution in [-0.2, 0) is 11.3 Å². The molecular weight excluding hydrogens is 316 g/mol. The standard InChI is InChI=1S/C19H26N4O2/c1-21(13-16-3-5-18(25-2)6-4-16)19(24)14-22-10-7-17(8-11-22)23-12-9-20-15-23/h3-6,9,12,15,17H,7-8,10-11,13-14H2,1-2H3. The number of carbonyl (C=O) groups excluding carboxylic acids is 1. The van der Waals surface area contributed by atoms with Gasteiger partial charge in [-0.25, -0.2) is 4.98 Å². The molecule has 1 fully saturated rings. The molecule has 134 valence electrons. The number of likely N-dealkylation sites (N-methyl/N-ethyl adjacent to an activating group) is 1. The molecule has 1 aromatic heterocycles. The molecule has 0 bridgehead atoms. The number of piperidine rings is 1. The van der Waals surface area contributed by atoms with E-state index in [9.17, 15) is 4.79 Å². The Bertz CT molecular complexity index is 661. The lowest BCUT2D eigenvalue weighted by Crippen LogP contribution is -2.42. The predicted molar refractivity (Wildman–Crippen MR) is 96.4 cm³/mol. The van der Waals surface area contributed by atoms with Crippen LogP contribution in [0.5, 0.6) is 5.75 Å². The monoisotopic (exact) mass is 342 g/mol. The van der Waals surface area contributed by atoms with E-state index in [-0.39, 0.29) is 5.91 Å². The van der Waals surface area contributed by atoms with E-state index < -0.39 is 0 Å². The van der Waals surface area contributed by atoms with Crippen molar-refractivity contribution in [2.75, 3.05) is 33.8 Å². The van der Waals surface area contributed by atoms with Gasteiger partial charge in [0.25, 0.3) is 0 Å². The molecule has 2 heterocycles. The molecule has 1 aliphatic heterocycles. The number of carbonyl (C=O) groups is 1. The Balaban J connectivity index is 1.45. The highest BCUT2D eigenvalue weighted by atomic mass is 16.5. The number of imidazole rings is 1. The quantitative estimate of drug-likeness (QED) is 0.807. The number of hydrogen-bond donors (Lipinski definition) is 0. The summed E-state index contributed by atoms with van der Waals surface area (Å²) in [6.45, 7) is 3.01. The van der Waals surface area contributed by atoms with Gasteiger partial charge in [-0.15, -0.1) is 0 Å². The summed E-state index contributed by atoms with van der Waals surface area (Å²) < 4.78 is 7.34. The number of hydrogen-bond acceptors (Lipinski definition) is 4. The Kier molecular flexibility index (Phi) is 5.71. The van der Waals surface area contributed by atoms with Crippen molar-refractivity contribution in [3.63, 3.8) is 0 Å². The van der Waals surface area contributed by atoms with Gasteiger partial charge in [0.2, 0.25) is 5.91 Å². The summed E-state index contributed by atoms with van der Waals surface area (Å²) in [6.07, 6.45) is 7.85. The Morgan fingerprint density at radius 2 is 2.00 bits per heavy atom. The number of rotatable bonds is 6. The summed E-state index contributed by atoms with van der Waals surface area (Å²) in [5.74, 6) is 0.996. The van der Waals surface area contributed by atoms with E-state index in [1.54, 1.807) is 12.0 Å². The van der Waals surface area contributed by atoms with Crippen molar-refractivity contribution in [3.8, 4) is 5.75 Å². The van der Waals surface area contributed by atoms with Crippen LogP contribution >= 0.6 is 0 Å². The maximum absolute atomic E-state index is 12.5. The second kappa shape index (κ2) is 8.16. The molecule has 25 heavy (non-hydrogen) atoms.